The zero-order valence-electron chi connectivity index (χ0n) is 40.2. The van der Waals surface area contributed by atoms with E-state index in [0.29, 0.717) is 19.3 Å². The molecule has 0 bridgehead atoms. The Morgan fingerprint density at radius 2 is 0.607 bits per heavy atom. The van der Waals surface area contributed by atoms with Crippen molar-refractivity contribution in [2.24, 2.45) is 0 Å². The molecule has 0 saturated carbocycles. The highest BCUT2D eigenvalue weighted by Gasteiger charge is 2.19. The standard InChI is InChI=1S/C55H96O6/c1-4-7-10-13-16-19-22-24-26-27-29-31-34-36-39-42-45-48-54(57)60-51-52(61-55(58)49-46-43-40-37-32-21-18-15-12-9-6-3)50-59-53(56)47-44-41-38-35-33-30-28-25-23-20-17-14-11-8-5-2/h15-16,18-19,24-26,28-29,31,52H,4-14,17,20-23,27,30,32-51H2,1-3H3/b18-15-,19-16-,26-24-,28-25-,31-29-/t52-/m0/s1. The number of allylic oxidation sites excluding steroid dienone is 10. The molecule has 0 aliphatic carbocycles. The number of ether oxygens (including phenoxy) is 3. The third kappa shape index (κ3) is 48.0. The van der Waals surface area contributed by atoms with Crippen LogP contribution >= 0.6 is 0 Å². The summed E-state index contributed by atoms with van der Waals surface area (Å²) in [5.41, 5.74) is 0. The molecule has 352 valence electrons. The van der Waals surface area contributed by atoms with Crippen LogP contribution in [-0.2, 0) is 28.6 Å². The van der Waals surface area contributed by atoms with Crippen LogP contribution in [0.15, 0.2) is 60.8 Å². The van der Waals surface area contributed by atoms with E-state index in [4.69, 9.17) is 14.2 Å². The second kappa shape index (κ2) is 49.8. The van der Waals surface area contributed by atoms with Gasteiger partial charge in [0, 0.05) is 19.3 Å². The lowest BCUT2D eigenvalue weighted by atomic mass is 10.1. The first-order valence-corrected chi connectivity index (χ1v) is 25.8. The zero-order chi connectivity index (χ0) is 44.4. The number of unbranched alkanes of at least 4 members (excludes halogenated alkanes) is 25. The van der Waals surface area contributed by atoms with Crippen molar-refractivity contribution in [3.05, 3.63) is 60.8 Å². The van der Waals surface area contributed by atoms with Gasteiger partial charge in [-0.1, -0.05) is 191 Å². The SMILES string of the molecule is CCCC/C=C\CCCCCCCC(=O)O[C@H](COC(=O)CCCCCC/C=C\C/C=C\C/C=C\CCCCC)COC(=O)CCCCCCC/C=C\CCCCCCCC. The number of carbonyl (C=O) groups is 3. The first-order chi connectivity index (χ1) is 30.0. The maximum absolute atomic E-state index is 12.8. The highest BCUT2D eigenvalue weighted by Crippen LogP contribution is 2.13. The van der Waals surface area contributed by atoms with Gasteiger partial charge in [0.1, 0.15) is 13.2 Å². The Kier molecular flexibility index (Phi) is 47.4. The van der Waals surface area contributed by atoms with Gasteiger partial charge in [-0.15, -0.1) is 0 Å². The molecule has 0 aromatic heterocycles. The Morgan fingerprint density at radius 3 is 1.02 bits per heavy atom. The highest BCUT2D eigenvalue weighted by atomic mass is 16.6. The van der Waals surface area contributed by atoms with Crippen LogP contribution in [0.5, 0.6) is 0 Å². The smallest absolute Gasteiger partial charge is 0.306 e. The van der Waals surface area contributed by atoms with E-state index < -0.39 is 6.10 Å². The van der Waals surface area contributed by atoms with Crippen LogP contribution in [0, 0.1) is 0 Å². The summed E-state index contributed by atoms with van der Waals surface area (Å²) >= 11 is 0. The van der Waals surface area contributed by atoms with Crippen molar-refractivity contribution in [3.8, 4) is 0 Å². The van der Waals surface area contributed by atoms with Gasteiger partial charge in [0.2, 0.25) is 0 Å². The Morgan fingerprint density at radius 1 is 0.328 bits per heavy atom. The molecule has 0 heterocycles. The van der Waals surface area contributed by atoms with Gasteiger partial charge in [-0.25, -0.2) is 0 Å². The summed E-state index contributed by atoms with van der Waals surface area (Å²) in [4.78, 5) is 37.9. The van der Waals surface area contributed by atoms with Gasteiger partial charge >= 0.3 is 17.9 Å². The Balaban J connectivity index is 4.40. The average molecular weight is 853 g/mol. The molecule has 0 aliphatic rings. The van der Waals surface area contributed by atoms with E-state index >= 15 is 0 Å². The molecule has 0 aromatic carbocycles. The maximum Gasteiger partial charge on any atom is 0.306 e. The van der Waals surface area contributed by atoms with Gasteiger partial charge < -0.3 is 14.2 Å². The molecule has 0 rings (SSSR count). The minimum Gasteiger partial charge on any atom is -0.462 e. The molecular weight excluding hydrogens is 757 g/mol. The van der Waals surface area contributed by atoms with Gasteiger partial charge in [0.05, 0.1) is 0 Å². The number of carbonyl (C=O) groups excluding carboxylic acids is 3. The van der Waals surface area contributed by atoms with E-state index in [2.05, 4.69) is 81.5 Å². The quantitative estimate of drug-likeness (QED) is 0.0263. The van der Waals surface area contributed by atoms with Crippen LogP contribution in [0.1, 0.15) is 252 Å². The molecule has 0 amide bonds. The van der Waals surface area contributed by atoms with Gasteiger partial charge in [0.15, 0.2) is 6.10 Å². The number of rotatable bonds is 46. The van der Waals surface area contributed by atoms with Crippen LogP contribution in [0.4, 0.5) is 0 Å². The summed E-state index contributed by atoms with van der Waals surface area (Å²) in [6, 6.07) is 0. The maximum atomic E-state index is 12.8. The molecule has 0 aromatic rings. The fourth-order valence-electron chi connectivity index (χ4n) is 7.01. The van der Waals surface area contributed by atoms with E-state index in [0.717, 1.165) is 103 Å². The molecule has 61 heavy (non-hydrogen) atoms. The summed E-state index contributed by atoms with van der Waals surface area (Å²) in [7, 11) is 0. The lowest BCUT2D eigenvalue weighted by Crippen LogP contribution is -2.30. The largest absolute Gasteiger partial charge is 0.462 e. The first kappa shape index (κ1) is 58.1. The molecular formula is C55H96O6. The predicted octanol–water partition coefficient (Wildman–Crippen LogP) is 16.9. The van der Waals surface area contributed by atoms with Crippen molar-refractivity contribution in [2.45, 2.75) is 258 Å². The third-order valence-corrected chi connectivity index (χ3v) is 11.0. The summed E-state index contributed by atoms with van der Waals surface area (Å²) in [5, 5.41) is 0. The molecule has 1 atom stereocenters. The Hall–Kier alpha value is -2.89. The fourth-order valence-corrected chi connectivity index (χ4v) is 7.01. The van der Waals surface area contributed by atoms with Crippen molar-refractivity contribution in [1.29, 1.82) is 0 Å². The number of hydrogen-bond donors (Lipinski definition) is 0. The van der Waals surface area contributed by atoms with Gasteiger partial charge in [0.25, 0.3) is 0 Å². The number of esters is 3. The molecule has 0 unspecified atom stereocenters. The lowest BCUT2D eigenvalue weighted by Gasteiger charge is -2.18. The van der Waals surface area contributed by atoms with E-state index in [-0.39, 0.29) is 31.1 Å². The minimum absolute atomic E-state index is 0.0891. The summed E-state index contributed by atoms with van der Waals surface area (Å²) < 4.78 is 16.8. The summed E-state index contributed by atoms with van der Waals surface area (Å²) in [6.07, 6.45) is 60.6. The van der Waals surface area contributed by atoms with Crippen LogP contribution in [0.25, 0.3) is 0 Å². The topological polar surface area (TPSA) is 78.9 Å². The van der Waals surface area contributed by atoms with Crippen molar-refractivity contribution in [2.75, 3.05) is 13.2 Å². The van der Waals surface area contributed by atoms with Gasteiger partial charge in [-0.2, -0.15) is 0 Å². The van der Waals surface area contributed by atoms with E-state index in [1.807, 2.05) is 0 Å². The minimum atomic E-state index is -0.789. The Labute approximate surface area is 377 Å². The monoisotopic (exact) mass is 853 g/mol. The van der Waals surface area contributed by atoms with E-state index in [9.17, 15) is 14.4 Å². The first-order valence-electron chi connectivity index (χ1n) is 25.8. The van der Waals surface area contributed by atoms with Gasteiger partial charge in [-0.3, -0.25) is 14.4 Å². The van der Waals surface area contributed by atoms with E-state index in [1.54, 1.807) is 0 Å². The van der Waals surface area contributed by atoms with Gasteiger partial charge in [-0.05, 0) is 103 Å². The molecule has 0 aliphatic heterocycles. The van der Waals surface area contributed by atoms with Crippen molar-refractivity contribution in [1.82, 2.24) is 0 Å². The van der Waals surface area contributed by atoms with Crippen LogP contribution in [-0.4, -0.2) is 37.2 Å². The van der Waals surface area contributed by atoms with Crippen molar-refractivity contribution >= 4 is 17.9 Å². The second-order valence-electron chi connectivity index (χ2n) is 17.1. The molecule has 0 fully saturated rings. The normalized spacial score (nSPS) is 12.5. The summed E-state index contributed by atoms with van der Waals surface area (Å²) in [5.74, 6) is -0.926. The molecule has 6 heteroatoms. The zero-order valence-corrected chi connectivity index (χ0v) is 40.2. The van der Waals surface area contributed by atoms with Crippen LogP contribution < -0.4 is 0 Å². The Bertz CT molecular complexity index is 1120. The predicted molar refractivity (Wildman–Crippen MR) is 261 cm³/mol. The highest BCUT2D eigenvalue weighted by molar-refractivity contribution is 5.71. The van der Waals surface area contributed by atoms with E-state index in [1.165, 1.54) is 109 Å². The average Bonchev–Trinajstić information content (AvgIpc) is 3.26. The number of hydrogen-bond acceptors (Lipinski definition) is 6. The molecule has 0 radical (unpaired) electrons. The summed E-state index contributed by atoms with van der Waals surface area (Å²) in [6.45, 7) is 6.53. The molecule has 0 saturated heterocycles. The van der Waals surface area contributed by atoms with Crippen LogP contribution in [0.3, 0.4) is 0 Å². The van der Waals surface area contributed by atoms with Crippen molar-refractivity contribution in [3.63, 3.8) is 0 Å². The molecule has 6 nitrogen and oxygen atoms in total. The second-order valence-corrected chi connectivity index (χ2v) is 17.1. The molecule has 0 spiro atoms. The fraction of sp³-hybridized carbons (Fsp3) is 0.764. The van der Waals surface area contributed by atoms with Crippen LogP contribution in [0.2, 0.25) is 0 Å². The lowest BCUT2D eigenvalue weighted by molar-refractivity contribution is -0.167. The van der Waals surface area contributed by atoms with Crippen molar-refractivity contribution < 1.29 is 28.6 Å². The third-order valence-electron chi connectivity index (χ3n) is 11.0. The molecule has 0 N–H and O–H groups in total.